The Kier molecular flexibility index (Phi) is 3.05. The maximum absolute atomic E-state index is 12.7. The molecule has 1 aromatic heterocycles. The Morgan fingerprint density at radius 1 is 1.26 bits per heavy atom. The minimum atomic E-state index is 0.159. The third-order valence-corrected chi connectivity index (χ3v) is 4.44. The number of aromatic amines is 1. The minimum absolute atomic E-state index is 0.159. The van der Waals surface area contributed by atoms with Crippen LogP contribution >= 0.6 is 0 Å². The summed E-state index contributed by atoms with van der Waals surface area (Å²) >= 11 is 0. The summed E-state index contributed by atoms with van der Waals surface area (Å²) in [5.74, 6) is 1.46. The molecule has 0 radical (unpaired) electrons. The number of para-hydroxylation sites is 1. The fourth-order valence-corrected chi connectivity index (χ4v) is 2.88. The molecule has 2 aromatic rings. The predicted molar refractivity (Wildman–Crippen MR) is 77.1 cm³/mol. The molecule has 1 saturated heterocycles. The van der Waals surface area contributed by atoms with Crippen LogP contribution in [0.15, 0.2) is 30.5 Å². The first kappa shape index (κ1) is 12.3. The lowest BCUT2D eigenvalue weighted by Gasteiger charge is -2.35. The number of hydrogen-bond donors (Lipinski definition) is 1. The molecule has 3 nitrogen and oxygen atoms in total. The molecule has 100 valence electrons. The zero-order chi connectivity index (χ0) is 13.4. The molecule has 1 aliphatic rings. The van der Waals surface area contributed by atoms with Gasteiger partial charge in [0, 0.05) is 24.7 Å². The summed E-state index contributed by atoms with van der Waals surface area (Å²) in [6, 6.07) is 7.92. The maximum atomic E-state index is 12.7. The van der Waals surface area contributed by atoms with Crippen molar-refractivity contribution in [2.24, 2.45) is 11.8 Å². The Balaban J connectivity index is 1.90. The van der Waals surface area contributed by atoms with Gasteiger partial charge in [-0.1, -0.05) is 26.0 Å². The zero-order valence-electron chi connectivity index (χ0n) is 11.5. The average Bonchev–Trinajstić information content (AvgIpc) is 2.89. The monoisotopic (exact) mass is 256 g/mol. The smallest absolute Gasteiger partial charge is 0.255 e. The van der Waals surface area contributed by atoms with Gasteiger partial charge in [-0.25, -0.2) is 0 Å². The number of likely N-dealkylation sites (tertiary alicyclic amines) is 1. The van der Waals surface area contributed by atoms with Gasteiger partial charge in [-0.3, -0.25) is 4.79 Å². The highest BCUT2D eigenvalue weighted by Crippen LogP contribution is 2.25. The number of nitrogens with zero attached hydrogens (tertiary/aromatic N) is 1. The van der Waals surface area contributed by atoms with Crippen LogP contribution in [0, 0.1) is 11.8 Å². The van der Waals surface area contributed by atoms with Gasteiger partial charge in [0.2, 0.25) is 0 Å². The highest BCUT2D eigenvalue weighted by molar-refractivity contribution is 6.05. The largest absolute Gasteiger partial charge is 0.361 e. The van der Waals surface area contributed by atoms with Crippen molar-refractivity contribution in [3.8, 4) is 0 Å². The molecule has 1 fully saturated rings. The van der Waals surface area contributed by atoms with Gasteiger partial charge in [0.15, 0.2) is 0 Å². The Bertz CT molecular complexity index is 602. The zero-order valence-corrected chi connectivity index (χ0v) is 11.5. The second-order valence-corrected chi connectivity index (χ2v) is 5.74. The quantitative estimate of drug-likeness (QED) is 0.835. The number of amides is 1. The van der Waals surface area contributed by atoms with E-state index in [-0.39, 0.29) is 5.91 Å². The van der Waals surface area contributed by atoms with E-state index in [9.17, 15) is 4.79 Å². The van der Waals surface area contributed by atoms with E-state index in [1.165, 1.54) is 0 Å². The van der Waals surface area contributed by atoms with E-state index in [1.807, 2.05) is 35.4 Å². The summed E-state index contributed by atoms with van der Waals surface area (Å²) in [5.41, 5.74) is 1.75. The van der Waals surface area contributed by atoms with Gasteiger partial charge >= 0.3 is 0 Å². The lowest BCUT2D eigenvalue weighted by atomic mass is 9.88. The number of H-pyrrole nitrogens is 1. The van der Waals surface area contributed by atoms with Gasteiger partial charge in [-0.05, 0) is 30.4 Å². The van der Waals surface area contributed by atoms with Gasteiger partial charge in [0.25, 0.3) is 5.91 Å². The van der Waals surface area contributed by atoms with Crippen LogP contribution in [0.25, 0.3) is 10.9 Å². The van der Waals surface area contributed by atoms with Crippen LogP contribution in [-0.4, -0.2) is 28.9 Å². The lowest BCUT2D eigenvalue weighted by molar-refractivity contribution is 0.0629. The first-order chi connectivity index (χ1) is 9.16. The van der Waals surface area contributed by atoms with Crippen molar-refractivity contribution in [3.05, 3.63) is 36.0 Å². The van der Waals surface area contributed by atoms with E-state index in [0.29, 0.717) is 11.8 Å². The molecule has 19 heavy (non-hydrogen) atoms. The fraction of sp³-hybridized carbons (Fsp3) is 0.438. The van der Waals surface area contributed by atoms with E-state index in [4.69, 9.17) is 0 Å². The molecular weight excluding hydrogens is 236 g/mol. The molecule has 2 unspecified atom stereocenters. The molecule has 1 aliphatic heterocycles. The third kappa shape index (κ3) is 2.14. The summed E-state index contributed by atoms with van der Waals surface area (Å²) < 4.78 is 0. The van der Waals surface area contributed by atoms with E-state index < -0.39 is 0 Å². The van der Waals surface area contributed by atoms with Crippen molar-refractivity contribution in [2.75, 3.05) is 13.1 Å². The summed E-state index contributed by atoms with van der Waals surface area (Å²) in [7, 11) is 0. The number of fused-ring (bicyclic) bond motifs is 1. The van der Waals surface area contributed by atoms with Crippen molar-refractivity contribution in [1.82, 2.24) is 9.88 Å². The lowest BCUT2D eigenvalue weighted by Crippen LogP contribution is -2.42. The average molecular weight is 256 g/mol. The molecule has 0 aliphatic carbocycles. The maximum Gasteiger partial charge on any atom is 0.255 e. The van der Waals surface area contributed by atoms with Crippen molar-refractivity contribution in [3.63, 3.8) is 0 Å². The number of carbonyl (C=O) groups excluding carboxylic acids is 1. The number of aromatic nitrogens is 1. The number of benzene rings is 1. The molecule has 3 heteroatoms. The van der Waals surface area contributed by atoms with Gasteiger partial charge in [0.05, 0.1) is 11.1 Å². The molecule has 1 amide bonds. The Morgan fingerprint density at radius 2 is 2.11 bits per heavy atom. The van der Waals surface area contributed by atoms with Crippen LogP contribution < -0.4 is 0 Å². The number of nitrogens with one attached hydrogen (secondary N) is 1. The van der Waals surface area contributed by atoms with Gasteiger partial charge < -0.3 is 9.88 Å². The standard InChI is InChI=1S/C16H20N2O/c1-11-7-9-18(10-12(11)2)16(19)14-5-3-4-13-6-8-17-15(13)14/h3-6,8,11-12,17H,7,9-10H2,1-2H3. The summed E-state index contributed by atoms with van der Waals surface area (Å²) in [4.78, 5) is 17.9. The Hall–Kier alpha value is -1.77. The first-order valence-corrected chi connectivity index (χ1v) is 7.02. The second kappa shape index (κ2) is 4.72. The second-order valence-electron chi connectivity index (χ2n) is 5.74. The number of rotatable bonds is 1. The van der Waals surface area contributed by atoms with Gasteiger partial charge in [-0.15, -0.1) is 0 Å². The van der Waals surface area contributed by atoms with E-state index in [0.717, 1.165) is 36.0 Å². The topological polar surface area (TPSA) is 36.1 Å². The molecule has 3 rings (SSSR count). The number of hydrogen-bond acceptors (Lipinski definition) is 1. The Morgan fingerprint density at radius 3 is 2.89 bits per heavy atom. The van der Waals surface area contributed by atoms with E-state index >= 15 is 0 Å². The van der Waals surface area contributed by atoms with Gasteiger partial charge in [-0.2, -0.15) is 0 Å². The highest BCUT2D eigenvalue weighted by Gasteiger charge is 2.27. The molecule has 0 bridgehead atoms. The number of carbonyl (C=O) groups is 1. The third-order valence-electron chi connectivity index (χ3n) is 4.44. The first-order valence-electron chi connectivity index (χ1n) is 7.02. The van der Waals surface area contributed by atoms with Crippen molar-refractivity contribution in [1.29, 1.82) is 0 Å². The van der Waals surface area contributed by atoms with Crippen LogP contribution in [0.1, 0.15) is 30.6 Å². The predicted octanol–water partition coefficient (Wildman–Crippen LogP) is 3.29. The van der Waals surface area contributed by atoms with E-state index in [2.05, 4.69) is 18.8 Å². The normalized spacial score (nSPS) is 23.8. The minimum Gasteiger partial charge on any atom is -0.361 e. The fourth-order valence-electron chi connectivity index (χ4n) is 2.88. The number of piperidine rings is 1. The van der Waals surface area contributed by atoms with Crippen molar-refractivity contribution in [2.45, 2.75) is 20.3 Å². The molecule has 0 spiro atoms. The Labute approximate surface area is 113 Å². The molecule has 1 aromatic carbocycles. The molecule has 1 N–H and O–H groups in total. The molecular formula is C16H20N2O. The highest BCUT2D eigenvalue weighted by atomic mass is 16.2. The summed E-state index contributed by atoms with van der Waals surface area (Å²) in [6.07, 6.45) is 3.00. The van der Waals surface area contributed by atoms with Gasteiger partial charge in [0.1, 0.15) is 0 Å². The molecule has 2 atom stereocenters. The van der Waals surface area contributed by atoms with Crippen LogP contribution in [0.4, 0.5) is 0 Å². The summed E-state index contributed by atoms with van der Waals surface area (Å²) in [5, 5.41) is 1.10. The molecule has 0 saturated carbocycles. The van der Waals surface area contributed by atoms with E-state index in [1.54, 1.807) is 0 Å². The SMILES string of the molecule is CC1CCN(C(=O)c2cccc3cc[nH]c23)CC1C. The molecule has 2 heterocycles. The van der Waals surface area contributed by atoms with Crippen molar-refractivity contribution >= 4 is 16.8 Å². The van der Waals surface area contributed by atoms with Crippen molar-refractivity contribution < 1.29 is 4.79 Å². The van der Waals surface area contributed by atoms with Crippen LogP contribution in [0.5, 0.6) is 0 Å². The van der Waals surface area contributed by atoms with Crippen LogP contribution in [-0.2, 0) is 0 Å². The summed E-state index contributed by atoms with van der Waals surface area (Å²) in [6.45, 7) is 6.26. The van der Waals surface area contributed by atoms with Crippen LogP contribution in [0.3, 0.4) is 0 Å². The van der Waals surface area contributed by atoms with Crippen LogP contribution in [0.2, 0.25) is 0 Å².